The van der Waals surface area contributed by atoms with Crippen molar-refractivity contribution in [2.24, 2.45) is 0 Å². The second kappa shape index (κ2) is 7.71. The molecule has 0 aliphatic carbocycles. The summed E-state index contributed by atoms with van der Waals surface area (Å²) in [5, 5.41) is 6.43. The SMILES string of the molecule is CC(C)S(=O)(=O)c1ccc(C(=O)Nc2ccccc2Cn2cncn2)cc1. The van der Waals surface area contributed by atoms with Crippen molar-refractivity contribution in [1.29, 1.82) is 0 Å². The molecule has 3 aromatic rings. The molecule has 0 spiro atoms. The Balaban J connectivity index is 1.78. The largest absolute Gasteiger partial charge is 0.322 e. The van der Waals surface area contributed by atoms with Crippen LogP contribution in [-0.2, 0) is 16.4 Å². The van der Waals surface area contributed by atoms with E-state index in [1.165, 1.54) is 30.6 Å². The van der Waals surface area contributed by atoms with E-state index in [2.05, 4.69) is 15.4 Å². The van der Waals surface area contributed by atoms with Gasteiger partial charge < -0.3 is 5.32 Å². The number of rotatable bonds is 6. The average Bonchev–Trinajstić information content (AvgIpc) is 3.16. The third-order valence-electron chi connectivity index (χ3n) is 4.13. The first-order valence-electron chi connectivity index (χ1n) is 8.43. The van der Waals surface area contributed by atoms with Crippen molar-refractivity contribution >= 4 is 21.4 Å². The van der Waals surface area contributed by atoms with E-state index in [0.29, 0.717) is 17.8 Å². The molecule has 0 unspecified atom stereocenters. The van der Waals surface area contributed by atoms with Crippen LogP contribution in [0.1, 0.15) is 29.8 Å². The van der Waals surface area contributed by atoms with Gasteiger partial charge in [0.25, 0.3) is 5.91 Å². The summed E-state index contributed by atoms with van der Waals surface area (Å²) in [6.45, 7) is 3.73. The van der Waals surface area contributed by atoms with E-state index in [1.54, 1.807) is 24.9 Å². The minimum Gasteiger partial charge on any atom is -0.322 e. The molecule has 8 heteroatoms. The molecule has 1 aromatic heterocycles. The lowest BCUT2D eigenvalue weighted by Gasteiger charge is -2.12. The Labute approximate surface area is 158 Å². The molecule has 0 fully saturated rings. The molecule has 0 saturated heterocycles. The van der Waals surface area contributed by atoms with Crippen molar-refractivity contribution in [3.63, 3.8) is 0 Å². The number of nitrogens with zero attached hydrogens (tertiary/aromatic N) is 3. The molecule has 0 aliphatic rings. The van der Waals surface area contributed by atoms with Crippen LogP contribution in [0.25, 0.3) is 0 Å². The second-order valence-electron chi connectivity index (χ2n) is 6.32. The number of para-hydroxylation sites is 1. The van der Waals surface area contributed by atoms with Crippen LogP contribution in [0.15, 0.2) is 66.1 Å². The summed E-state index contributed by atoms with van der Waals surface area (Å²) in [7, 11) is -3.36. The molecule has 0 saturated carbocycles. The predicted octanol–water partition coefficient (Wildman–Crippen LogP) is 2.76. The molecular weight excluding hydrogens is 364 g/mol. The highest BCUT2D eigenvalue weighted by molar-refractivity contribution is 7.92. The maximum absolute atomic E-state index is 12.6. The van der Waals surface area contributed by atoms with Gasteiger partial charge in [-0.3, -0.25) is 4.79 Å². The van der Waals surface area contributed by atoms with E-state index >= 15 is 0 Å². The molecule has 1 heterocycles. The minimum absolute atomic E-state index is 0.209. The van der Waals surface area contributed by atoms with Gasteiger partial charge in [-0.1, -0.05) is 18.2 Å². The lowest BCUT2D eigenvalue weighted by molar-refractivity contribution is 0.102. The Morgan fingerprint density at radius 2 is 1.81 bits per heavy atom. The zero-order chi connectivity index (χ0) is 19.4. The highest BCUT2D eigenvalue weighted by atomic mass is 32.2. The average molecular weight is 384 g/mol. The van der Waals surface area contributed by atoms with Crippen molar-refractivity contribution in [3.8, 4) is 0 Å². The minimum atomic E-state index is -3.36. The lowest BCUT2D eigenvalue weighted by Crippen LogP contribution is -2.16. The molecule has 2 aromatic carbocycles. The van der Waals surface area contributed by atoms with Gasteiger partial charge in [0, 0.05) is 11.3 Å². The first-order valence-corrected chi connectivity index (χ1v) is 9.98. The van der Waals surface area contributed by atoms with Crippen molar-refractivity contribution in [2.45, 2.75) is 30.5 Å². The molecule has 0 bridgehead atoms. The van der Waals surface area contributed by atoms with E-state index in [4.69, 9.17) is 0 Å². The zero-order valence-corrected chi connectivity index (χ0v) is 15.8. The Kier molecular flexibility index (Phi) is 5.36. The van der Waals surface area contributed by atoms with Gasteiger partial charge in [-0.05, 0) is 49.7 Å². The summed E-state index contributed by atoms with van der Waals surface area (Å²) in [5.41, 5.74) is 1.93. The highest BCUT2D eigenvalue weighted by Crippen LogP contribution is 2.19. The molecular formula is C19H20N4O3S. The second-order valence-corrected chi connectivity index (χ2v) is 8.83. The Hall–Kier alpha value is -3.00. The summed E-state index contributed by atoms with van der Waals surface area (Å²) < 4.78 is 26.0. The van der Waals surface area contributed by atoms with Crippen LogP contribution in [0, 0.1) is 0 Å². The molecule has 1 amide bonds. The quantitative estimate of drug-likeness (QED) is 0.705. The molecule has 140 valence electrons. The van der Waals surface area contributed by atoms with E-state index in [1.807, 2.05) is 24.3 Å². The number of carbonyl (C=O) groups excluding carboxylic acids is 1. The fourth-order valence-corrected chi connectivity index (χ4v) is 3.59. The Morgan fingerprint density at radius 1 is 1.11 bits per heavy atom. The normalized spacial score (nSPS) is 11.5. The topological polar surface area (TPSA) is 94.0 Å². The standard InChI is InChI=1S/C19H20N4O3S/c1-14(2)27(25,26)17-9-7-15(8-10-17)19(24)22-18-6-4-3-5-16(18)11-23-13-20-12-21-23/h3-10,12-14H,11H2,1-2H3,(H,22,24). The van der Waals surface area contributed by atoms with E-state index in [0.717, 1.165) is 5.56 Å². The molecule has 0 radical (unpaired) electrons. The van der Waals surface area contributed by atoms with Crippen LogP contribution < -0.4 is 5.32 Å². The molecule has 3 rings (SSSR count). The fraction of sp³-hybridized carbons (Fsp3) is 0.211. The van der Waals surface area contributed by atoms with Crippen LogP contribution in [0.5, 0.6) is 0 Å². The van der Waals surface area contributed by atoms with Gasteiger partial charge in [-0.25, -0.2) is 18.1 Å². The predicted molar refractivity (Wildman–Crippen MR) is 102 cm³/mol. The van der Waals surface area contributed by atoms with Crippen LogP contribution >= 0.6 is 0 Å². The van der Waals surface area contributed by atoms with Crippen molar-refractivity contribution < 1.29 is 13.2 Å². The zero-order valence-electron chi connectivity index (χ0n) is 15.0. The first-order chi connectivity index (χ1) is 12.9. The number of carbonyl (C=O) groups is 1. The number of benzene rings is 2. The molecule has 1 N–H and O–H groups in total. The number of hydrogen-bond donors (Lipinski definition) is 1. The summed E-state index contributed by atoms with van der Waals surface area (Å²) in [4.78, 5) is 16.7. The smallest absolute Gasteiger partial charge is 0.255 e. The molecule has 27 heavy (non-hydrogen) atoms. The lowest BCUT2D eigenvalue weighted by atomic mass is 10.1. The van der Waals surface area contributed by atoms with Crippen molar-refractivity contribution in [2.75, 3.05) is 5.32 Å². The van der Waals surface area contributed by atoms with E-state index < -0.39 is 15.1 Å². The van der Waals surface area contributed by atoms with Gasteiger partial charge in [0.2, 0.25) is 0 Å². The highest BCUT2D eigenvalue weighted by Gasteiger charge is 2.19. The monoisotopic (exact) mass is 384 g/mol. The van der Waals surface area contributed by atoms with Gasteiger partial charge in [-0.15, -0.1) is 0 Å². The number of aromatic nitrogens is 3. The summed E-state index contributed by atoms with van der Waals surface area (Å²) in [5.74, 6) is -0.311. The van der Waals surface area contributed by atoms with Gasteiger partial charge >= 0.3 is 0 Å². The van der Waals surface area contributed by atoms with Crippen LogP contribution in [0.4, 0.5) is 5.69 Å². The van der Waals surface area contributed by atoms with Gasteiger partial charge in [0.05, 0.1) is 16.7 Å². The third-order valence-corrected chi connectivity index (χ3v) is 6.30. The first kappa shape index (κ1) is 18.8. The van der Waals surface area contributed by atoms with Crippen molar-refractivity contribution in [1.82, 2.24) is 14.8 Å². The van der Waals surface area contributed by atoms with Crippen molar-refractivity contribution in [3.05, 3.63) is 72.3 Å². The van der Waals surface area contributed by atoms with Gasteiger partial charge in [-0.2, -0.15) is 5.10 Å². The summed E-state index contributed by atoms with van der Waals surface area (Å²) in [6.07, 6.45) is 3.06. The number of amides is 1. The molecule has 0 atom stereocenters. The molecule has 0 aliphatic heterocycles. The van der Waals surface area contributed by atoms with Gasteiger partial charge in [0.1, 0.15) is 12.7 Å². The molecule has 7 nitrogen and oxygen atoms in total. The number of hydrogen-bond acceptors (Lipinski definition) is 5. The fourth-order valence-electron chi connectivity index (χ4n) is 2.53. The third kappa shape index (κ3) is 4.22. The van der Waals surface area contributed by atoms with E-state index in [9.17, 15) is 13.2 Å². The van der Waals surface area contributed by atoms with Crippen LogP contribution in [-0.4, -0.2) is 34.3 Å². The van der Waals surface area contributed by atoms with Crippen LogP contribution in [0.3, 0.4) is 0 Å². The summed E-state index contributed by atoms with van der Waals surface area (Å²) in [6, 6.07) is 13.4. The van der Waals surface area contributed by atoms with Gasteiger partial charge in [0.15, 0.2) is 9.84 Å². The van der Waals surface area contributed by atoms with Crippen LogP contribution in [0.2, 0.25) is 0 Å². The number of sulfone groups is 1. The Bertz CT molecular complexity index is 1030. The maximum atomic E-state index is 12.6. The Morgan fingerprint density at radius 3 is 2.44 bits per heavy atom. The van der Waals surface area contributed by atoms with E-state index in [-0.39, 0.29) is 10.8 Å². The number of nitrogens with one attached hydrogen (secondary N) is 1. The maximum Gasteiger partial charge on any atom is 0.255 e. The number of anilines is 1. The summed E-state index contributed by atoms with van der Waals surface area (Å²) >= 11 is 0.